The Labute approximate surface area is 620 Å². The molecular formula is C83H146O17P2. The van der Waals surface area contributed by atoms with Crippen LogP contribution >= 0.6 is 15.6 Å². The largest absolute Gasteiger partial charge is 0.472 e. The van der Waals surface area contributed by atoms with Gasteiger partial charge in [-0.15, -0.1) is 0 Å². The van der Waals surface area contributed by atoms with Crippen molar-refractivity contribution in [1.82, 2.24) is 0 Å². The average molecular weight is 1480 g/mol. The van der Waals surface area contributed by atoms with Crippen LogP contribution in [0, 0.1) is 0 Å². The van der Waals surface area contributed by atoms with Gasteiger partial charge < -0.3 is 33.8 Å². The van der Waals surface area contributed by atoms with Crippen molar-refractivity contribution in [3.05, 3.63) is 97.2 Å². The third-order valence-electron chi connectivity index (χ3n) is 17.1. The molecule has 0 heterocycles. The number of phosphoric ester groups is 2. The molecule has 3 N–H and O–H groups in total. The van der Waals surface area contributed by atoms with Crippen LogP contribution in [0.15, 0.2) is 97.2 Å². The van der Waals surface area contributed by atoms with Crippen molar-refractivity contribution in [3.8, 4) is 0 Å². The van der Waals surface area contributed by atoms with Crippen LogP contribution in [0.25, 0.3) is 0 Å². The summed E-state index contributed by atoms with van der Waals surface area (Å²) in [5, 5.41) is 10.6. The van der Waals surface area contributed by atoms with E-state index in [1.54, 1.807) is 0 Å². The monoisotopic (exact) mass is 1480 g/mol. The zero-order chi connectivity index (χ0) is 74.6. The van der Waals surface area contributed by atoms with Crippen LogP contribution in [0.1, 0.15) is 349 Å². The van der Waals surface area contributed by atoms with Gasteiger partial charge in [0.2, 0.25) is 0 Å². The Morgan fingerprint density at radius 3 is 0.784 bits per heavy atom. The number of unbranched alkanes of at least 4 members (excludes halogenated alkanes) is 34. The maximum Gasteiger partial charge on any atom is 0.472 e. The molecule has 0 saturated carbocycles. The van der Waals surface area contributed by atoms with Crippen LogP contribution in [-0.4, -0.2) is 96.7 Å². The fraction of sp³-hybridized carbons (Fsp3) is 0.759. The molecule has 2 unspecified atom stereocenters. The number of aliphatic hydroxyl groups is 1. The number of aliphatic hydroxyl groups excluding tert-OH is 1. The van der Waals surface area contributed by atoms with Crippen LogP contribution < -0.4 is 0 Å². The highest BCUT2D eigenvalue weighted by Gasteiger charge is 2.30. The molecule has 0 aliphatic carbocycles. The predicted molar refractivity (Wildman–Crippen MR) is 418 cm³/mol. The van der Waals surface area contributed by atoms with Gasteiger partial charge in [-0.05, 0) is 103 Å². The first-order chi connectivity index (χ1) is 49.7. The second kappa shape index (κ2) is 75.2. The van der Waals surface area contributed by atoms with Gasteiger partial charge in [0.15, 0.2) is 12.2 Å². The topological polar surface area (TPSA) is 237 Å². The van der Waals surface area contributed by atoms with E-state index in [2.05, 4.69) is 101 Å². The summed E-state index contributed by atoms with van der Waals surface area (Å²) >= 11 is 0. The number of hydrogen-bond acceptors (Lipinski definition) is 15. The number of esters is 4. The minimum absolute atomic E-state index is 0.00779. The zero-order valence-electron chi connectivity index (χ0n) is 64.5. The lowest BCUT2D eigenvalue weighted by atomic mass is 10.0. The van der Waals surface area contributed by atoms with E-state index in [1.807, 2.05) is 24.3 Å². The average Bonchev–Trinajstić information content (AvgIpc) is 0.959. The highest BCUT2D eigenvalue weighted by Crippen LogP contribution is 2.45. The van der Waals surface area contributed by atoms with E-state index >= 15 is 0 Å². The first-order valence-corrected chi connectivity index (χ1v) is 43.5. The van der Waals surface area contributed by atoms with E-state index in [-0.39, 0.29) is 25.7 Å². The first kappa shape index (κ1) is 98.0. The van der Waals surface area contributed by atoms with Gasteiger partial charge >= 0.3 is 39.5 Å². The van der Waals surface area contributed by atoms with Crippen molar-refractivity contribution < 1.29 is 80.2 Å². The summed E-state index contributed by atoms with van der Waals surface area (Å²) in [6.45, 7) is 4.75. The normalized spacial score (nSPS) is 14.4. The minimum Gasteiger partial charge on any atom is -0.462 e. The molecule has 17 nitrogen and oxygen atoms in total. The maximum atomic E-state index is 13.1. The van der Waals surface area contributed by atoms with Crippen molar-refractivity contribution in [1.29, 1.82) is 0 Å². The summed E-state index contributed by atoms with van der Waals surface area (Å²) < 4.78 is 68.5. The second-order valence-electron chi connectivity index (χ2n) is 27.0. The minimum atomic E-state index is -5.00. The predicted octanol–water partition coefficient (Wildman–Crippen LogP) is 23.6. The molecule has 0 aromatic heterocycles. The molecular weight excluding hydrogens is 1330 g/mol. The van der Waals surface area contributed by atoms with Crippen LogP contribution in [0.3, 0.4) is 0 Å². The fourth-order valence-corrected chi connectivity index (χ4v) is 12.4. The maximum absolute atomic E-state index is 13.1. The van der Waals surface area contributed by atoms with Gasteiger partial charge in [0.25, 0.3) is 0 Å². The summed E-state index contributed by atoms with van der Waals surface area (Å²) in [5.74, 6) is -2.28. The van der Waals surface area contributed by atoms with Crippen molar-refractivity contribution in [2.75, 3.05) is 39.6 Å². The van der Waals surface area contributed by atoms with Gasteiger partial charge in [0.1, 0.15) is 19.3 Å². The van der Waals surface area contributed by atoms with Crippen LogP contribution in [0.2, 0.25) is 0 Å². The molecule has 102 heavy (non-hydrogen) atoms. The van der Waals surface area contributed by atoms with Gasteiger partial charge in [-0.1, -0.05) is 318 Å². The molecule has 0 fully saturated rings. The van der Waals surface area contributed by atoms with Crippen LogP contribution in [-0.2, 0) is 65.4 Å². The van der Waals surface area contributed by atoms with E-state index in [9.17, 15) is 43.2 Å². The second-order valence-corrected chi connectivity index (χ2v) is 29.9. The molecule has 0 aliphatic rings. The molecule has 0 aliphatic heterocycles. The van der Waals surface area contributed by atoms with Gasteiger partial charge in [-0.2, -0.15) is 0 Å². The highest BCUT2D eigenvalue weighted by atomic mass is 31.2. The first-order valence-electron chi connectivity index (χ1n) is 40.5. The van der Waals surface area contributed by atoms with Crippen molar-refractivity contribution in [3.63, 3.8) is 0 Å². The van der Waals surface area contributed by atoms with E-state index in [4.69, 9.17) is 37.0 Å². The zero-order valence-corrected chi connectivity index (χ0v) is 66.3. The smallest absolute Gasteiger partial charge is 0.462 e. The number of allylic oxidation sites excluding steroid dienone is 16. The van der Waals surface area contributed by atoms with Gasteiger partial charge in [0.05, 0.1) is 26.4 Å². The summed E-state index contributed by atoms with van der Waals surface area (Å²) in [4.78, 5) is 73.0. The van der Waals surface area contributed by atoms with E-state index in [0.29, 0.717) is 38.5 Å². The fourth-order valence-electron chi connectivity index (χ4n) is 10.9. The Hall–Kier alpha value is -4.02. The lowest BCUT2D eigenvalue weighted by Crippen LogP contribution is -2.30. The quantitative estimate of drug-likeness (QED) is 0.0169. The summed E-state index contributed by atoms with van der Waals surface area (Å²) in [7, 11) is -9.98. The van der Waals surface area contributed by atoms with Crippen LogP contribution in [0.4, 0.5) is 0 Å². The molecule has 5 atom stereocenters. The Morgan fingerprint density at radius 2 is 0.490 bits per heavy atom. The van der Waals surface area contributed by atoms with Gasteiger partial charge in [-0.25, -0.2) is 9.13 Å². The SMILES string of the molecule is CCCCC/C=C\C/C=C\C/C=C\C/C=C\CCCC(=O)OC[C@H](COP(=O)(O)OC[C@H](O)COP(=O)(O)OC[C@@H](COC(=O)CCCCCCCCCCCCCCCCC)OC(=O)CCCCCCCCCCCCCCC)OC(=O)CCC/C=C\C/C=C\C/C=C\C/C=C\CCCCC. The molecule has 0 saturated heterocycles. The molecule has 0 aromatic carbocycles. The van der Waals surface area contributed by atoms with Crippen molar-refractivity contribution in [2.45, 2.75) is 367 Å². The lowest BCUT2D eigenvalue weighted by molar-refractivity contribution is -0.161. The Balaban J connectivity index is 5.43. The molecule has 590 valence electrons. The molecule has 0 amide bonds. The molecule has 0 spiro atoms. The third-order valence-corrected chi connectivity index (χ3v) is 19.0. The summed E-state index contributed by atoms with van der Waals surface area (Å²) in [5.41, 5.74) is 0. The highest BCUT2D eigenvalue weighted by molar-refractivity contribution is 7.47. The van der Waals surface area contributed by atoms with Crippen molar-refractivity contribution in [2.24, 2.45) is 0 Å². The Kier molecular flexibility index (Phi) is 72.3. The van der Waals surface area contributed by atoms with Crippen molar-refractivity contribution >= 4 is 39.5 Å². The number of hydrogen-bond donors (Lipinski definition) is 3. The van der Waals surface area contributed by atoms with E-state index < -0.39 is 97.5 Å². The number of phosphoric acid groups is 2. The lowest BCUT2D eigenvalue weighted by Gasteiger charge is -2.21. The number of carbonyl (C=O) groups excluding carboxylic acids is 4. The number of ether oxygens (including phenoxy) is 4. The molecule has 0 bridgehead atoms. The number of carbonyl (C=O) groups is 4. The number of rotatable bonds is 76. The molecule has 19 heteroatoms. The Bertz CT molecular complexity index is 2310. The van der Waals surface area contributed by atoms with E-state index in [1.165, 1.54) is 161 Å². The van der Waals surface area contributed by atoms with E-state index in [0.717, 1.165) is 96.3 Å². The Morgan fingerprint density at radius 1 is 0.275 bits per heavy atom. The summed E-state index contributed by atoms with van der Waals surface area (Å²) in [6, 6.07) is 0. The van der Waals surface area contributed by atoms with Gasteiger partial charge in [-0.3, -0.25) is 37.3 Å². The third kappa shape index (κ3) is 74.3. The summed E-state index contributed by atoms with van der Waals surface area (Å²) in [6.07, 6.45) is 79.7. The van der Waals surface area contributed by atoms with Crippen LogP contribution in [0.5, 0.6) is 0 Å². The van der Waals surface area contributed by atoms with Gasteiger partial charge in [0, 0.05) is 25.7 Å². The molecule has 0 rings (SSSR count). The standard InChI is InChI=1S/C83H146O17P2/c1-5-9-13-17-21-25-29-33-36-38-41-45-48-52-56-60-64-68-81(86)94-74-79(100-83(88)70-66-62-58-54-50-46-42-39-37-34-30-26-22-18-14-10-6-2)76-98-102(91,92)96-72-77(84)71-95-101(89,90)97-75-78(99-82(87)69-65-61-57-53-49-43-32-28-24-20-16-12-8-4)73-93-80(85)67-63-59-55-51-47-44-40-35-31-27-23-19-15-11-7-3/h21-22,25-26,33-34,36-37,41-42,45-46,52,54,56,58,77-79,84H,5-20,23-24,27-32,35,38-40,43-44,47-51,53,55,57,59-76H2,1-4H3,(H,89,90)(H,91,92)/b25-21-,26-22-,36-33-,37-34-,45-41-,46-42-,56-52-,58-54-/t77-,78-,79-/m1/s1. The molecule has 0 aromatic rings. The molecule has 0 radical (unpaired) electrons.